The largest absolute Gasteiger partial charge is 0.507 e. The summed E-state index contributed by atoms with van der Waals surface area (Å²) in [5.74, 6) is 0.370. The van der Waals surface area contributed by atoms with Gasteiger partial charge in [0.1, 0.15) is 11.8 Å². The first-order valence-corrected chi connectivity index (χ1v) is 7.50. The topological polar surface area (TPSA) is 88.7 Å². The molecule has 2 atom stereocenters. The van der Waals surface area contributed by atoms with Gasteiger partial charge in [-0.3, -0.25) is 4.79 Å². The number of hydrogen-bond acceptors (Lipinski definition) is 6. The molecular formula is C15H16ClN3O4. The van der Waals surface area contributed by atoms with Gasteiger partial charge >= 0.3 is 0 Å². The van der Waals surface area contributed by atoms with Crippen molar-refractivity contribution in [2.75, 3.05) is 13.7 Å². The predicted octanol–water partition coefficient (Wildman–Crippen LogP) is 2.34. The number of aryl methyl sites for hydroxylation is 1. The van der Waals surface area contributed by atoms with Crippen molar-refractivity contribution in [2.24, 2.45) is 0 Å². The van der Waals surface area contributed by atoms with Crippen molar-refractivity contribution in [2.45, 2.75) is 25.5 Å². The minimum atomic E-state index is -0.385. The van der Waals surface area contributed by atoms with Crippen LogP contribution in [0.25, 0.3) is 0 Å². The van der Waals surface area contributed by atoms with Crippen LogP contribution in [0.1, 0.15) is 34.5 Å². The number of phenols is 1. The molecule has 3 rings (SSSR count). The van der Waals surface area contributed by atoms with Crippen LogP contribution in [-0.2, 0) is 4.74 Å². The molecule has 1 fully saturated rings. The molecular weight excluding hydrogens is 322 g/mol. The summed E-state index contributed by atoms with van der Waals surface area (Å²) in [7, 11) is 1.59. The monoisotopic (exact) mass is 337 g/mol. The van der Waals surface area contributed by atoms with Crippen molar-refractivity contribution < 1.29 is 19.2 Å². The molecule has 1 aliphatic rings. The van der Waals surface area contributed by atoms with Crippen LogP contribution in [0.3, 0.4) is 0 Å². The highest BCUT2D eigenvalue weighted by atomic mass is 35.5. The summed E-state index contributed by atoms with van der Waals surface area (Å²) in [6, 6.07) is 4.01. The van der Waals surface area contributed by atoms with Gasteiger partial charge in [-0.1, -0.05) is 16.8 Å². The van der Waals surface area contributed by atoms with Gasteiger partial charge in [-0.25, -0.2) is 0 Å². The van der Waals surface area contributed by atoms with Gasteiger partial charge in [0, 0.05) is 25.1 Å². The maximum absolute atomic E-state index is 12.8. The highest BCUT2D eigenvalue weighted by Crippen LogP contribution is 2.35. The summed E-state index contributed by atoms with van der Waals surface area (Å²) in [6.45, 7) is 2.09. The van der Waals surface area contributed by atoms with Gasteiger partial charge in [0.05, 0.1) is 11.7 Å². The van der Waals surface area contributed by atoms with E-state index in [0.29, 0.717) is 29.7 Å². The zero-order chi connectivity index (χ0) is 16.6. The van der Waals surface area contributed by atoms with Crippen LogP contribution in [-0.4, -0.2) is 45.8 Å². The summed E-state index contributed by atoms with van der Waals surface area (Å²) < 4.78 is 10.6. The van der Waals surface area contributed by atoms with Gasteiger partial charge in [-0.2, -0.15) is 4.98 Å². The van der Waals surface area contributed by atoms with Crippen molar-refractivity contribution in [1.29, 1.82) is 0 Å². The number of carbonyl (C=O) groups is 1. The van der Waals surface area contributed by atoms with Crippen molar-refractivity contribution in [3.8, 4) is 5.75 Å². The fourth-order valence-electron chi connectivity index (χ4n) is 2.72. The van der Waals surface area contributed by atoms with Crippen molar-refractivity contribution in [3.63, 3.8) is 0 Å². The van der Waals surface area contributed by atoms with Crippen LogP contribution in [0.2, 0.25) is 5.02 Å². The second-order valence-electron chi connectivity index (χ2n) is 5.41. The summed E-state index contributed by atoms with van der Waals surface area (Å²) in [4.78, 5) is 18.6. The Kier molecular flexibility index (Phi) is 4.23. The van der Waals surface area contributed by atoms with E-state index in [2.05, 4.69) is 10.1 Å². The zero-order valence-corrected chi connectivity index (χ0v) is 13.4. The smallest absolute Gasteiger partial charge is 0.258 e. The Bertz CT molecular complexity index is 733. The molecule has 0 aliphatic carbocycles. The van der Waals surface area contributed by atoms with Gasteiger partial charge in [-0.15, -0.1) is 0 Å². The Morgan fingerprint density at radius 2 is 2.30 bits per heavy atom. The van der Waals surface area contributed by atoms with E-state index in [1.165, 1.54) is 12.1 Å². The molecule has 1 N–H and O–H groups in total. The Hall–Kier alpha value is -2.12. The highest BCUT2D eigenvalue weighted by molar-refractivity contribution is 6.30. The normalized spacial score (nSPS) is 20.9. The van der Waals surface area contributed by atoms with E-state index in [4.69, 9.17) is 20.9 Å². The number of hydrogen-bond donors (Lipinski definition) is 1. The first kappa shape index (κ1) is 15.8. The van der Waals surface area contributed by atoms with Gasteiger partial charge in [0.2, 0.25) is 5.89 Å². The third kappa shape index (κ3) is 3.02. The van der Waals surface area contributed by atoms with Crippen LogP contribution in [0.4, 0.5) is 0 Å². The van der Waals surface area contributed by atoms with Crippen LogP contribution in [0, 0.1) is 6.92 Å². The summed E-state index contributed by atoms with van der Waals surface area (Å²) in [5.41, 5.74) is 0.174. The average molecular weight is 338 g/mol. The lowest BCUT2D eigenvalue weighted by Gasteiger charge is -2.22. The Morgan fingerprint density at radius 1 is 1.52 bits per heavy atom. The minimum absolute atomic E-state index is 0.134. The molecule has 1 aliphatic heterocycles. The molecule has 7 nitrogen and oxygen atoms in total. The molecule has 1 aromatic carbocycles. The average Bonchev–Trinajstić information content (AvgIpc) is 3.12. The molecule has 0 radical (unpaired) electrons. The maximum Gasteiger partial charge on any atom is 0.258 e. The number of rotatable bonds is 3. The van der Waals surface area contributed by atoms with Crippen molar-refractivity contribution in [1.82, 2.24) is 15.0 Å². The number of amides is 1. The van der Waals surface area contributed by atoms with Crippen molar-refractivity contribution in [3.05, 3.63) is 40.5 Å². The van der Waals surface area contributed by atoms with E-state index in [-0.39, 0.29) is 29.4 Å². The number of carbonyl (C=O) groups excluding carboxylic acids is 1. The van der Waals surface area contributed by atoms with Gasteiger partial charge in [-0.05, 0) is 25.1 Å². The molecule has 8 heteroatoms. The molecule has 23 heavy (non-hydrogen) atoms. The number of halogens is 1. The van der Waals surface area contributed by atoms with Crippen LogP contribution >= 0.6 is 11.6 Å². The first-order valence-electron chi connectivity index (χ1n) is 7.12. The first-order chi connectivity index (χ1) is 11.0. The molecule has 1 aromatic heterocycles. The number of benzene rings is 1. The lowest BCUT2D eigenvalue weighted by atomic mass is 10.1. The van der Waals surface area contributed by atoms with Gasteiger partial charge in [0.25, 0.3) is 5.91 Å². The second kappa shape index (κ2) is 6.17. The Labute approximate surface area is 137 Å². The fraction of sp³-hybridized carbons (Fsp3) is 0.400. The molecule has 122 valence electrons. The van der Waals surface area contributed by atoms with Crippen molar-refractivity contribution >= 4 is 17.5 Å². The van der Waals surface area contributed by atoms with E-state index < -0.39 is 0 Å². The minimum Gasteiger partial charge on any atom is -0.507 e. The number of likely N-dealkylation sites (tertiary alicyclic amines) is 1. The molecule has 1 saturated heterocycles. The van der Waals surface area contributed by atoms with Gasteiger partial charge < -0.3 is 19.3 Å². The van der Waals surface area contributed by atoms with Crippen LogP contribution in [0.5, 0.6) is 5.75 Å². The lowest BCUT2D eigenvalue weighted by molar-refractivity contribution is 0.0668. The SMILES string of the molecule is CO[C@H]1C[C@H](c2nc(C)no2)N(C(=O)c2ccc(Cl)cc2O)C1. The molecule has 0 bridgehead atoms. The number of ether oxygens (including phenoxy) is 1. The summed E-state index contributed by atoms with van der Waals surface area (Å²) in [5, 5.41) is 14.1. The molecule has 1 amide bonds. The van der Waals surface area contributed by atoms with E-state index in [1.54, 1.807) is 25.0 Å². The van der Waals surface area contributed by atoms with E-state index in [0.717, 1.165) is 0 Å². The zero-order valence-electron chi connectivity index (χ0n) is 12.7. The maximum atomic E-state index is 12.8. The van der Waals surface area contributed by atoms with E-state index in [1.807, 2.05) is 0 Å². The molecule has 0 saturated carbocycles. The summed E-state index contributed by atoms with van der Waals surface area (Å²) in [6.07, 6.45) is 0.420. The lowest BCUT2D eigenvalue weighted by Crippen LogP contribution is -2.32. The summed E-state index contributed by atoms with van der Waals surface area (Å²) >= 11 is 5.82. The van der Waals surface area contributed by atoms with Crippen LogP contribution in [0.15, 0.2) is 22.7 Å². The molecule has 2 aromatic rings. The number of nitrogens with zero attached hydrogens (tertiary/aromatic N) is 3. The second-order valence-corrected chi connectivity index (χ2v) is 5.84. The molecule has 0 unspecified atom stereocenters. The number of methoxy groups -OCH3 is 1. The number of aromatic nitrogens is 2. The van der Waals surface area contributed by atoms with Crippen LogP contribution < -0.4 is 0 Å². The highest BCUT2D eigenvalue weighted by Gasteiger charge is 2.40. The Morgan fingerprint density at radius 3 is 2.91 bits per heavy atom. The number of phenolic OH excluding ortho intramolecular Hbond substituents is 1. The van der Waals surface area contributed by atoms with E-state index >= 15 is 0 Å². The fourth-order valence-corrected chi connectivity index (χ4v) is 2.88. The third-order valence-electron chi connectivity index (χ3n) is 3.88. The number of aromatic hydroxyl groups is 1. The standard InChI is InChI=1S/C15H16ClN3O4/c1-8-17-14(23-18-8)12-6-10(22-2)7-19(12)15(21)11-4-3-9(16)5-13(11)20/h3-5,10,12,20H,6-7H2,1-2H3/t10-,12+/m0/s1. The predicted molar refractivity (Wildman–Crippen MR) is 81.3 cm³/mol. The molecule has 0 spiro atoms. The quantitative estimate of drug-likeness (QED) is 0.924. The third-order valence-corrected chi connectivity index (χ3v) is 4.11. The Balaban J connectivity index is 1.93. The van der Waals surface area contributed by atoms with Gasteiger partial charge in [0.15, 0.2) is 5.82 Å². The molecule has 2 heterocycles. The van der Waals surface area contributed by atoms with E-state index in [9.17, 15) is 9.90 Å².